The van der Waals surface area contributed by atoms with E-state index >= 15 is 0 Å². The fourth-order valence-corrected chi connectivity index (χ4v) is 1.44. The lowest BCUT2D eigenvalue weighted by Gasteiger charge is -2.02. The minimum Gasteiger partial charge on any atom is -0.382 e. The molecule has 0 saturated carbocycles. The number of benzene rings is 1. The molecule has 0 unspecified atom stereocenters. The van der Waals surface area contributed by atoms with Crippen LogP contribution in [0.1, 0.15) is 0 Å². The lowest BCUT2D eigenvalue weighted by Crippen LogP contribution is -1.94. The predicted octanol–water partition coefficient (Wildman–Crippen LogP) is 2.52. The van der Waals surface area contributed by atoms with Crippen molar-refractivity contribution < 1.29 is 4.39 Å². The van der Waals surface area contributed by atoms with Gasteiger partial charge in [-0.1, -0.05) is 11.6 Å². The minimum absolute atomic E-state index is 0.210. The highest BCUT2D eigenvalue weighted by Crippen LogP contribution is 2.24. The van der Waals surface area contributed by atoms with Crippen LogP contribution in [0.5, 0.6) is 0 Å². The van der Waals surface area contributed by atoms with Gasteiger partial charge in [-0.15, -0.1) is 0 Å². The molecular formula is C10H7ClFN3. The smallest absolute Gasteiger partial charge is 0.157 e. The van der Waals surface area contributed by atoms with Crippen molar-refractivity contribution in [2.24, 2.45) is 0 Å². The molecule has 0 saturated heterocycles. The molecule has 0 bridgehead atoms. The van der Waals surface area contributed by atoms with Crippen LogP contribution in [-0.2, 0) is 0 Å². The van der Waals surface area contributed by atoms with E-state index in [2.05, 4.69) is 9.97 Å². The molecule has 2 aromatic rings. The fraction of sp³-hybridized carbons (Fsp3) is 0. The molecule has 0 aliphatic heterocycles. The number of halogens is 2. The summed E-state index contributed by atoms with van der Waals surface area (Å²) in [5.74, 6) is -0.0517. The van der Waals surface area contributed by atoms with Gasteiger partial charge >= 0.3 is 0 Å². The van der Waals surface area contributed by atoms with Crippen molar-refractivity contribution in [2.75, 3.05) is 5.73 Å². The highest BCUT2D eigenvalue weighted by Gasteiger charge is 2.06. The van der Waals surface area contributed by atoms with Crippen molar-refractivity contribution in [2.45, 2.75) is 0 Å². The molecule has 2 rings (SSSR count). The largest absolute Gasteiger partial charge is 0.382 e. The highest BCUT2D eigenvalue weighted by molar-refractivity contribution is 6.31. The molecular weight excluding hydrogens is 217 g/mol. The van der Waals surface area contributed by atoms with Crippen LogP contribution in [0.4, 0.5) is 10.2 Å². The first-order valence-electron chi connectivity index (χ1n) is 4.21. The Hall–Kier alpha value is -1.68. The maximum absolute atomic E-state index is 12.7. The second-order valence-electron chi connectivity index (χ2n) is 2.94. The van der Waals surface area contributed by atoms with Crippen LogP contribution in [0.3, 0.4) is 0 Å². The average molecular weight is 224 g/mol. The first-order chi connectivity index (χ1) is 7.16. The molecule has 1 heterocycles. The lowest BCUT2D eigenvalue weighted by atomic mass is 10.1. The molecule has 0 aliphatic rings. The SMILES string of the molecule is Nc1cnc(-c2ccc(F)cc2)c(Cl)n1. The summed E-state index contributed by atoms with van der Waals surface area (Å²) in [5, 5.41) is 0.210. The molecule has 0 radical (unpaired) electrons. The van der Waals surface area contributed by atoms with E-state index < -0.39 is 0 Å². The molecule has 5 heteroatoms. The first kappa shape index (κ1) is 9.86. The van der Waals surface area contributed by atoms with Gasteiger partial charge < -0.3 is 5.73 Å². The Bertz CT molecular complexity index is 485. The molecule has 0 aliphatic carbocycles. The standard InChI is InChI=1S/C10H7ClFN3/c11-10-9(14-5-8(13)15-10)6-1-3-7(12)4-2-6/h1-5H,(H2,13,15). The van der Waals surface area contributed by atoms with Crippen LogP contribution in [-0.4, -0.2) is 9.97 Å². The number of nitrogens with two attached hydrogens (primary N) is 1. The van der Waals surface area contributed by atoms with Gasteiger partial charge in [0.25, 0.3) is 0 Å². The Morgan fingerprint density at radius 1 is 1.20 bits per heavy atom. The summed E-state index contributed by atoms with van der Waals surface area (Å²) < 4.78 is 12.7. The van der Waals surface area contributed by atoms with Crippen molar-refractivity contribution in [1.29, 1.82) is 0 Å². The lowest BCUT2D eigenvalue weighted by molar-refractivity contribution is 0.628. The second-order valence-corrected chi connectivity index (χ2v) is 3.30. The number of rotatable bonds is 1. The van der Waals surface area contributed by atoms with Crippen molar-refractivity contribution in [1.82, 2.24) is 9.97 Å². The second kappa shape index (κ2) is 3.82. The number of hydrogen-bond acceptors (Lipinski definition) is 3. The number of aromatic nitrogens is 2. The van der Waals surface area contributed by atoms with Crippen LogP contribution in [0.2, 0.25) is 5.15 Å². The third-order valence-electron chi connectivity index (χ3n) is 1.87. The van der Waals surface area contributed by atoms with Gasteiger partial charge in [-0.05, 0) is 24.3 Å². The van der Waals surface area contributed by atoms with E-state index in [1.807, 2.05) is 0 Å². The fourth-order valence-electron chi connectivity index (χ4n) is 1.18. The van der Waals surface area contributed by atoms with Crippen LogP contribution in [0.25, 0.3) is 11.3 Å². The molecule has 0 spiro atoms. The topological polar surface area (TPSA) is 51.8 Å². The third kappa shape index (κ3) is 2.05. The minimum atomic E-state index is -0.307. The van der Waals surface area contributed by atoms with Gasteiger partial charge in [0.05, 0.1) is 6.20 Å². The zero-order chi connectivity index (χ0) is 10.8. The van der Waals surface area contributed by atoms with E-state index in [0.717, 1.165) is 0 Å². The van der Waals surface area contributed by atoms with Gasteiger partial charge in [-0.2, -0.15) is 0 Å². The maximum Gasteiger partial charge on any atom is 0.157 e. The van der Waals surface area contributed by atoms with Gasteiger partial charge in [-0.3, -0.25) is 0 Å². The zero-order valence-electron chi connectivity index (χ0n) is 7.61. The summed E-state index contributed by atoms with van der Waals surface area (Å²) in [6, 6.07) is 5.84. The molecule has 0 atom stereocenters. The zero-order valence-corrected chi connectivity index (χ0v) is 8.37. The molecule has 1 aromatic heterocycles. The molecule has 15 heavy (non-hydrogen) atoms. The first-order valence-corrected chi connectivity index (χ1v) is 4.58. The molecule has 0 fully saturated rings. The Kier molecular flexibility index (Phi) is 2.51. The van der Waals surface area contributed by atoms with E-state index in [9.17, 15) is 4.39 Å². The number of nitrogens with zero attached hydrogens (tertiary/aromatic N) is 2. The van der Waals surface area contributed by atoms with Gasteiger partial charge in [-0.25, -0.2) is 14.4 Å². The Morgan fingerprint density at radius 2 is 1.87 bits per heavy atom. The molecule has 0 amide bonds. The summed E-state index contributed by atoms with van der Waals surface area (Å²) in [4.78, 5) is 7.90. The van der Waals surface area contributed by atoms with Crippen molar-refractivity contribution >= 4 is 17.4 Å². The molecule has 1 aromatic carbocycles. The van der Waals surface area contributed by atoms with E-state index in [4.69, 9.17) is 17.3 Å². The monoisotopic (exact) mass is 223 g/mol. The molecule has 2 N–H and O–H groups in total. The highest BCUT2D eigenvalue weighted by atomic mass is 35.5. The molecule has 76 valence electrons. The summed E-state index contributed by atoms with van der Waals surface area (Å²) >= 11 is 5.86. The van der Waals surface area contributed by atoms with E-state index in [0.29, 0.717) is 11.3 Å². The number of nitrogen functional groups attached to an aromatic ring is 1. The van der Waals surface area contributed by atoms with Crippen molar-refractivity contribution in [3.8, 4) is 11.3 Å². The summed E-state index contributed by atoms with van der Waals surface area (Å²) in [5.41, 5.74) is 6.61. The van der Waals surface area contributed by atoms with Crippen LogP contribution < -0.4 is 5.73 Å². The van der Waals surface area contributed by atoms with Gasteiger partial charge in [0.2, 0.25) is 0 Å². The Labute approximate surface area is 90.7 Å². The van der Waals surface area contributed by atoms with E-state index in [1.54, 1.807) is 12.1 Å². The summed E-state index contributed by atoms with van der Waals surface area (Å²) in [6.45, 7) is 0. The van der Waals surface area contributed by atoms with Crippen LogP contribution >= 0.6 is 11.6 Å². The Balaban J connectivity index is 2.49. The molecule has 3 nitrogen and oxygen atoms in total. The number of hydrogen-bond donors (Lipinski definition) is 1. The number of anilines is 1. The van der Waals surface area contributed by atoms with Crippen molar-refractivity contribution in [3.63, 3.8) is 0 Å². The van der Waals surface area contributed by atoms with Crippen LogP contribution in [0.15, 0.2) is 30.5 Å². The maximum atomic E-state index is 12.7. The average Bonchev–Trinajstić information content (AvgIpc) is 2.20. The predicted molar refractivity (Wildman–Crippen MR) is 56.8 cm³/mol. The van der Waals surface area contributed by atoms with Gasteiger partial charge in [0.1, 0.15) is 17.3 Å². The normalized spacial score (nSPS) is 10.3. The van der Waals surface area contributed by atoms with Gasteiger partial charge in [0, 0.05) is 5.56 Å². The van der Waals surface area contributed by atoms with Crippen LogP contribution in [0, 0.1) is 5.82 Å². The Morgan fingerprint density at radius 3 is 2.47 bits per heavy atom. The van der Waals surface area contributed by atoms with Crippen molar-refractivity contribution in [3.05, 3.63) is 41.4 Å². The summed E-state index contributed by atoms with van der Waals surface area (Å²) in [6.07, 6.45) is 1.41. The van der Waals surface area contributed by atoms with Gasteiger partial charge in [0.15, 0.2) is 5.15 Å². The summed E-state index contributed by atoms with van der Waals surface area (Å²) in [7, 11) is 0. The third-order valence-corrected chi connectivity index (χ3v) is 2.13. The quantitative estimate of drug-likeness (QED) is 0.808. The van der Waals surface area contributed by atoms with E-state index in [1.165, 1.54) is 18.3 Å². The van der Waals surface area contributed by atoms with E-state index in [-0.39, 0.29) is 16.8 Å².